The zero-order valence-corrected chi connectivity index (χ0v) is 11.9. The van der Waals surface area contributed by atoms with E-state index in [2.05, 4.69) is 17.0 Å². The summed E-state index contributed by atoms with van der Waals surface area (Å²) in [5.74, 6) is 0.778. The number of rotatable bonds is 6. The van der Waals surface area contributed by atoms with Gasteiger partial charge in [-0.05, 0) is 49.4 Å². The second-order valence-electron chi connectivity index (χ2n) is 5.57. The Morgan fingerprint density at radius 2 is 1.89 bits per heavy atom. The molecule has 2 fully saturated rings. The fraction of sp³-hybridized carbons (Fsp3) is 0.571. The first-order valence-electron chi connectivity index (χ1n) is 6.97. The molecular weight excluding hydrogens is 260 g/mol. The van der Waals surface area contributed by atoms with E-state index < -0.39 is 10.0 Å². The molecule has 0 saturated heterocycles. The van der Waals surface area contributed by atoms with Gasteiger partial charge < -0.3 is 5.32 Å². The lowest BCUT2D eigenvalue weighted by Crippen LogP contribution is -2.25. The molecule has 5 heteroatoms. The Labute approximate surface area is 114 Å². The SMILES string of the molecule is CCC1CC1Nc1ccc(S(=O)(=O)NC2CC2)cc1. The Bertz CT molecular complexity index is 549. The van der Waals surface area contributed by atoms with Gasteiger partial charge in [-0.25, -0.2) is 13.1 Å². The van der Waals surface area contributed by atoms with Crippen LogP contribution in [0.15, 0.2) is 29.2 Å². The summed E-state index contributed by atoms with van der Waals surface area (Å²) in [6, 6.07) is 7.78. The lowest BCUT2D eigenvalue weighted by molar-refractivity contribution is 0.581. The van der Waals surface area contributed by atoms with Gasteiger partial charge in [0.05, 0.1) is 4.90 Å². The number of nitrogens with one attached hydrogen (secondary N) is 2. The van der Waals surface area contributed by atoms with E-state index in [0.29, 0.717) is 10.9 Å². The van der Waals surface area contributed by atoms with Crippen LogP contribution in [-0.4, -0.2) is 20.5 Å². The predicted octanol–water partition coefficient (Wildman–Crippen LogP) is 2.34. The summed E-state index contributed by atoms with van der Waals surface area (Å²) in [5, 5.41) is 3.43. The first-order valence-corrected chi connectivity index (χ1v) is 8.46. The average molecular weight is 280 g/mol. The van der Waals surface area contributed by atoms with Crippen LogP contribution < -0.4 is 10.0 Å². The van der Waals surface area contributed by atoms with Crippen molar-refractivity contribution in [2.24, 2.45) is 5.92 Å². The quantitative estimate of drug-likeness (QED) is 0.841. The predicted molar refractivity (Wildman–Crippen MR) is 75.6 cm³/mol. The topological polar surface area (TPSA) is 58.2 Å². The molecule has 2 unspecified atom stereocenters. The Hall–Kier alpha value is -1.07. The largest absolute Gasteiger partial charge is 0.382 e. The molecule has 3 rings (SSSR count). The Morgan fingerprint density at radius 3 is 2.42 bits per heavy atom. The van der Waals surface area contributed by atoms with Crippen LogP contribution in [0.3, 0.4) is 0 Å². The number of benzene rings is 1. The minimum Gasteiger partial charge on any atom is -0.382 e. The summed E-state index contributed by atoms with van der Waals surface area (Å²) in [4.78, 5) is 0.354. The summed E-state index contributed by atoms with van der Waals surface area (Å²) in [6.45, 7) is 2.20. The van der Waals surface area contributed by atoms with E-state index in [1.807, 2.05) is 12.1 Å². The first kappa shape index (κ1) is 12.9. The molecule has 2 aliphatic rings. The fourth-order valence-corrected chi connectivity index (χ4v) is 3.61. The van der Waals surface area contributed by atoms with E-state index >= 15 is 0 Å². The fourth-order valence-electron chi connectivity index (χ4n) is 2.31. The standard InChI is InChI=1S/C14H20N2O2S/c1-2-10-9-14(10)15-11-5-7-13(8-6-11)19(17,18)16-12-3-4-12/h5-8,10,12,14-16H,2-4,9H2,1H3. The van der Waals surface area contributed by atoms with Gasteiger partial charge >= 0.3 is 0 Å². The van der Waals surface area contributed by atoms with Crippen molar-refractivity contribution < 1.29 is 8.42 Å². The van der Waals surface area contributed by atoms with Crippen LogP contribution in [-0.2, 0) is 10.0 Å². The smallest absolute Gasteiger partial charge is 0.240 e. The highest BCUT2D eigenvalue weighted by Gasteiger charge is 2.35. The van der Waals surface area contributed by atoms with Crippen LogP contribution >= 0.6 is 0 Å². The van der Waals surface area contributed by atoms with E-state index in [-0.39, 0.29) is 6.04 Å². The second kappa shape index (κ2) is 4.80. The molecule has 104 valence electrons. The van der Waals surface area contributed by atoms with Crippen molar-refractivity contribution in [2.75, 3.05) is 5.32 Å². The molecule has 19 heavy (non-hydrogen) atoms. The molecule has 0 bridgehead atoms. The van der Waals surface area contributed by atoms with Gasteiger partial charge in [0, 0.05) is 17.8 Å². The molecular formula is C14H20N2O2S. The van der Waals surface area contributed by atoms with Crippen LogP contribution in [0.2, 0.25) is 0 Å². The third-order valence-electron chi connectivity index (χ3n) is 3.86. The summed E-state index contributed by atoms with van der Waals surface area (Å²) >= 11 is 0. The van der Waals surface area contributed by atoms with Gasteiger partial charge in [-0.1, -0.05) is 13.3 Å². The Balaban J connectivity index is 1.65. The third-order valence-corrected chi connectivity index (χ3v) is 5.40. The van der Waals surface area contributed by atoms with Gasteiger partial charge in [0.1, 0.15) is 0 Å². The Morgan fingerprint density at radius 1 is 1.21 bits per heavy atom. The molecule has 0 radical (unpaired) electrons. The maximum absolute atomic E-state index is 12.0. The van der Waals surface area contributed by atoms with E-state index in [1.165, 1.54) is 12.8 Å². The van der Waals surface area contributed by atoms with E-state index in [9.17, 15) is 8.42 Å². The van der Waals surface area contributed by atoms with Crippen molar-refractivity contribution in [3.63, 3.8) is 0 Å². The maximum Gasteiger partial charge on any atom is 0.240 e. The minimum absolute atomic E-state index is 0.152. The van der Waals surface area contributed by atoms with Gasteiger partial charge in [-0.15, -0.1) is 0 Å². The van der Waals surface area contributed by atoms with E-state index in [4.69, 9.17) is 0 Å². The van der Waals surface area contributed by atoms with Crippen molar-refractivity contribution in [3.8, 4) is 0 Å². The zero-order chi connectivity index (χ0) is 13.5. The van der Waals surface area contributed by atoms with Crippen molar-refractivity contribution in [1.29, 1.82) is 0 Å². The van der Waals surface area contributed by atoms with Gasteiger partial charge in [0.25, 0.3) is 0 Å². The highest BCUT2D eigenvalue weighted by molar-refractivity contribution is 7.89. The van der Waals surface area contributed by atoms with Crippen molar-refractivity contribution in [2.45, 2.75) is 49.6 Å². The lowest BCUT2D eigenvalue weighted by Gasteiger charge is -2.08. The van der Waals surface area contributed by atoms with Crippen molar-refractivity contribution in [3.05, 3.63) is 24.3 Å². The molecule has 1 aromatic rings. The van der Waals surface area contributed by atoms with Crippen molar-refractivity contribution in [1.82, 2.24) is 4.72 Å². The Kier molecular flexibility index (Phi) is 3.27. The lowest BCUT2D eigenvalue weighted by atomic mass is 10.3. The summed E-state index contributed by atoms with van der Waals surface area (Å²) in [7, 11) is -3.32. The molecule has 2 saturated carbocycles. The molecule has 0 aromatic heterocycles. The molecule has 1 aromatic carbocycles. The molecule has 2 aliphatic carbocycles. The molecule has 2 atom stereocenters. The van der Waals surface area contributed by atoms with Crippen LogP contribution in [0.5, 0.6) is 0 Å². The van der Waals surface area contributed by atoms with Gasteiger partial charge in [-0.2, -0.15) is 0 Å². The second-order valence-corrected chi connectivity index (χ2v) is 7.29. The number of hydrogen-bond donors (Lipinski definition) is 2. The van der Waals surface area contributed by atoms with Gasteiger partial charge in [0.15, 0.2) is 0 Å². The number of anilines is 1. The first-order chi connectivity index (χ1) is 9.08. The average Bonchev–Trinajstić information content (AvgIpc) is 3.27. The summed E-state index contributed by atoms with van der Waals surface area (Å²) in [6.07, 6.45) is 4.34. The van der Waals surface area contributed by atoms with E-state index in [1.54, 1.807) is 12.1 Å². The normalized spacial score (nSPS) is 26.2. The molecule has 0 heterocycles. The highest BCUT2D eigenvalue weighted by atomic mass is 32.2. The van der Waals surface area contributed by atoms with Gasteiger partial charge in [0.2, 0.25) is 10.0 Å². The zero-order valence-electron chi connectivity index (χ0n) is 11.1. The molecule has 0 aliphatic heterocycles. The highest BCUT2D eigenvalue weighted by Crippen LogP contribution is 2.36. The molecule has 4 nitrogen and oxygen atoms in total. The molecule has 0 amide bonds. The number of sulfonamides is 1. The minimum atomic E-state index is -3.32. The maximum atomic E-state index is 12.0. The van der Waals surface area contributed by atoms with E-state index in [0.717, 1.165) is 24.4 Å². The summed E-state index contributed by atoms with van der Waals surface area (Å²) < 4.78 is 26.7. The van der Waals surface area contributed by atoms with Crippen LogP contribution in [0.1, 0.15) is 32.6 Å². The molecule has 0 spiro atoms. The van der Waals surface area contributed by atoms with Crippen LogP contribution in [0, 0.1) is 5.92 Å². The van der Waals surface area contributed by atoms with Crippen molar-refractivity contribution >= 4 is 15.7 Å². The number of hydrogen-bond acceptors (Lipinski definition) is 3. The third kappa shape index (κ3) is 3.09. The molecule has 2 N–H and O–H groups in total. The van der Waals surface area contributed by atoms with Gasteiger partial charge in [-0.3, -0.25) is 0 Å². The summed E-state index contributed by atoms with van der Waals surface area (Å²) in [5.41, 5.74) is 1.01. The van der Waals surface area contributed by atoms with Crippen LogP contribution in [0.25, 0.3) is 0 Å². The monoisotopic (exact) mass is 280 g/mol. The van der Waals surface area contributed by atoms with Crippen LogP contribution in [0.4, 0.5) is 5.69 Å².